The zero-order valence-corrected chi connectivity index (χ0v) is 8.32. The normalized spacial score (nSPS) is 10.5. The highest BCUT2D eigenvalue weighted by Gasteiger charge is 2.20. The van der Waals surface area contributed by atoms with Gasteiger partial charge in [-0.25, -0.2) is 0 Å². The Balaban J connectivity index is 2.82. The van der Waals surface area contributed by atoms with E-state index in [1.165, 1.54) is 19.2 Å². The number of hydrogen-bond acceptors (Lipinski definition) is 5. The number of ether oxygens (including phenoxy) is 1. The lowest BCUT2D eigenvalue weighted by molar-refractivity contribution is -0.383. The minimum absolute atomic E-state index is 0.0470. The Bertz CT molecular complexity index is 537. The summed E-state index contributed by atoms with van der Waals surface area (Å²) >= 11 is 5.70. The average Bonchev–Trinajstić information content (AvgIpc) is 2.59. The lowest BCUT2D eigenvalue weighted by atomic mass is 10.2. The summed E-state index contributed by atoms with van der Waals surface area (Å²) in [5.41, 5.74) is -0.172. The Morgan fingerprint density at radius 3 is 2.93 bits per heavy atom. The Kier molecular flexibility index (Phi) is 2.20. The van der Waals surface area contributed by atoms with Crippen molar-refractivity contribution in [3.05, 3.63) is 27.4 Å². The highest BCUT2D eigenvalue weighted by molar-refractivity contribution is 6.34. The van der Waals surface area contributed by atoms with Crippen LogP contribution < -0.4 is 4.74 Å². The molecular weight excluding hydrogens is 224 g/mol. The van der Waals surface area contributed by atoms with Crippen LogP contribution in [-0.4, -0.2) is 17.2 Å². The molecule has 0 N–H and O–H groups in total. The summed E-state index contributed by atoms with van der Waals surface area (Å²) < 4.78 is 9.67. The second kappa shape index (κ2) is 3.39. The van der Waals surface area contributed by atoms with Gasteiger partial charge in [-0.05, 0) is 6.07 Å². The number of nitro benzene ring substituents is 1. The fourth-order valence-electron chi connectivity index (χ4n) is 1.23. The fourth-order valence-corrected chi connectivity index (χ4v) is 1.40. The van der Waals surface area contributed by atoms with E-state index in [4.69, 9.17) is 20.9 Å². The summed E-state index contributed by atoms with van der Waals surface area (Å²) in [7, 11) is 1.41. The first kappa shape index (κ1) is 9.72. The predicted molar refractivity (Wildman–Crippen MR) is 52.2 cm³/mol. The number of methoxy groups -OCH3 is 1. The summed E-state index contributed by atoms with van der Waals surface area (Å²) in [6, 6.07) is 2.78. The number of halogens is 1. The van der Waals surface area contributed by atoms with Gasteiger partial charge in [-0.1, -0.05) is 16.8 Å². The van der Waals surface area contributed by atoms with Gasteiger partial charge < -0.3 is 9.26 Å². The van der Waals surface area contributed by atoms with Crippen LogP contribution in [-0.2, 0) is 0 Å². The van der Waals surface area contributed by atoms with Crippen LogP contribution in [0.1, 0.15) is 0 Å². The SMILES string of the molecule is COc1cc([N+](=O)[O-])c2onc(Cl)c2c1. The van der Waals surface area contributed by atoms with Crippen molar-refractivity contribution in [2.45, 2.75) is 0 Å². The van der Waals surface area contributed by atoms with Gasteiger partial charge in [0.15, 0.2) is 5.15 Å². The molecule has 0 fully saturated rings. The first-order chi connectivity index (χ1) is 7.13. The largest absolute Gasteiger partial charge is 0.496 e. The Hall–Kier alpha value is -1.82. The number of non-ortho nitro benzene ring substituents is 1. The molecule has 0 bridgehead atoms. The fraction of sp³-hybridized carbons (Fsp3) is 0.125. The summed E-state index contributed by atoms with van der Waals surface area (Å²) in [5, 5.41) is 14.6. The van der Waals surface area contributed by atoms with E-state index in [1.54, 1.807) is 0 Å². The number of rotatable bonds is 2. The van der Waals surface area contributed by atoms with E-state index >= 15 is 0 Å². The first-order valence-corrected chi connectivity index (χ1v) is 4.28. The highest BCUT2D eigenvalue weighted by atomic mass is 35.5. The minimum Gasteiger partial charge on any atom is -0.496 e. The van der Waals surface area contributed by atoms with Crippen molar-refractivity contribution in [3.63, 3.8) is 0 Å². The van der Waals surface area contributed by atoms with E-state index in [0.717, 1.165) is 0 Å². The van der Waals surface area contributed by atoms with Crippen LogP contribution in [0.3, 0.4) is 0 Å². The molecule has 0 aliphatic rings. The number of nitro groups is 1. The molecule has 2 rings (SSSR count). The second-order valence-corrected chi connectivity index (χ2v) is 3.11. The quantitative estimate of drug-likeness (QED) is 0.582. The van der Waals surface area contributed by atoms with Gasteiger partial charge in [-0.15, -0.1) is 0 Å². The van der Waals surface area contributed by atoms with E-state index in [1.807, 2.05) is 0 Å². The standard InChI is InChI=1S/C8H5ClN2O4/c1-14-4-2-5-7(15-10-8(5)9)6(3-4)11(12)13/h2-3H,1H3. The number of benzene rings is 1. The maximum absolute atomic E-state index is 10.7. The van der Waals surface area contributed by atoms with Crippen molar-refractivity contribution in [1.82, 2.24) is 5.16 Å². The molecule has 0 unspecified atom stereocenters. The Morgan fingerprint density at radius 1 is 1.60 bits per heavy atom. The zero-order valence-electron chi connectivity index (χ0n) is 7.56. The molecule has 78 valence electrons. The topological polar surface area (TPSA) is 78.4 Å². The van der Waals surface area contributed by atoms with Crippen LogP contribution in [0.4, 0.5) is 5.69 Å². The molecule has 0 saturated carbocycles. The molecule has 0 amide bonds. The van der Waals surface area contributed by atoms with Crippen LogP contribution in [0.2, 0.25) is 5.15 Å². The zero-order chi connectivity index (χ0) is 11.0. The van der Waals surface area contributed by atoms with E-state index < -0.39 is 4.92 Å². The molecule has 15 heavy (non-hydrogen) atoms. The van der Waals surface area contributed by atoms with Crippen LogP contribution >= 0.6 is 11.6 Å². The number of fused-ring (bicyclic) bond motifs is 1. The molecule has 0 radical (unpaired) electrons. The van der Waals surface area contributed by atoms with Crippen molar-refractivity contribution >= 4 is 28.3 Å². The first-order valence-electron chi connectivity index (χ1n) is 3.91. The number of aromatic nitrogens is 1. The molecule has 1 aromatic heterocycles. The molecule has 0 saturated heterocycles. The molecule has 0 spiro atoms. The lowest BCUT2D eigenvalue weighted by Crippen LogP contribution is -1.90. The van der Waals surface area contributed by atoms with E-state index in [-0.39, 0.29) is 16.4 Å². The van der Waals surface area contributed by atoms with E-state index in [2.05, 4.69) is 5.16 Å². The monoisotopic (exact) mass is 228 g/mol. The molecule has 1 heterocycles. The third kappa shape index (κ3) is 1.48. The van der Waals surface area contributed by atoms with Gasteiger partial charge >= 0.3 is 5.69 Å². The van der Waals surface area contributed by atoms with Crippen LogP contribution in [0.15, 0.2) is 16.7 Å². The molecular formula is C8H5ClN2O4. The van der Waals surface area contributed by atoms with Crippen LogP contribution in [0, 0.1) is 10.1 Å². The summed E-state index contributed by atoms with van der Waals surface area (Å²) in [4.78, 5) is 10.1. The third-order valence-electron chi connectivity index (χ3n) is 1.91. The summed E-state index contributed by atoms with van der Waals surface area (Å²) in [6.45, 7) is 0. The number of hydrogen-bond donors (Lipinski definition) is 0. The van der Waals surface area contributed by atoms with Gasteiger partial charge in [-0.3, -0.25) is 10.1 Å². The maximum Gasteiger partial charge on any atom is 0.318 e. The molecule has 6 nitrogen and oxygen atoms in total. The Morgan fingerprint density at radius 2 is 2.33 bits per heavy atom. The molecule has 2 aromatic rings. The van der Waals surface area contributed by atoms with Gasteiger partial charge in [-0.2, -0.15) is 0 Å². The molecule has 7 heteroatoms. The Labute approximate surface area is 88.5 Å². The predicted octanol–water partition coefficient (Wildman–Crippen LogP) is 2.40. The summed E-state index contributed by atoms with van der Waals surface area (Å²) in [5.74, 6) is 0.333. The second-order valence-electron chi connectivity index (χ2n) is 2.75. The number of nitrogens with zero attached hydrogens (tertiary/aromatic N) is 2. The highest BCUT2D eigenvalue weighted by Crippen LogP contribution is 2.34. The van der Waals surface area contributed by atoms with Crippen molar-refractivity contribution in [3.8, 4) is 5.75 Å². The van der Waals surface area contributed by atoms with E-state index in [0.29, 0.717) is 11.1 Å². The van der Waals surface area contributed by atoms with Crippen molar-refractivity contribution in [2.24, 2.45) is 0 Å². The van der Waals surface area contributed by atoms with Crippen molar-refractivity contribution < 1.29 is 14.2 Å². The van der Waals surface area contributed by atoms with Crippen molar-refractivity contribution in [1.29, 1.82) is 0 Å². The smallest absolute Gasteiger partial charge is 0.318 e. The van der Waals surface area contributed by atoms with Crippen molar-refractivity contribution in [2.75, 3.05) is 7.11 Å². The molecule has 0 atom stereocenters. The van der Waals surface area contributed by atoms with Gasteiger partial charge in [0, 0.05) is 0 Å². The minimum atomic E-state index is -0.577. The van der Waals surface area contributed by atoms with Gasteiger partial charge in [0.2, 0.25) is 5.58 Å². The van der Waals surface area contributed by atoms with E-state index in [9.17, 15) is 10.1 Å². The van der Waals surface area contributed by atoms with Gasteiger partial charge in [0.05, 0.1) is 23.5 Å². The third-order valence-corrected chi connectivity index (χ3v) is 2.19. The van der Waals surface area contributed by atoms with Gasteiger partial charge in [0.1, 0.15) is 5.75 Å². The average molecular weight is 229 g/mol. The molecule has 0 aliphatic heterocycles. The van der Waals surface area contributed by atoms with Crippen LogP contribution in [0.5, 0.6) is 5.75 Å². The lowest BCUT2D eigenvalue weighted by Gasteiger charge is -1.98. The molecule has 1 aromatic carbocycles. The van der Waals surface area contributed by atoms with Gasteiger partial charge in [0.25, 0.3) is 0 Å². The maximum atomic E-state index is 10.7. The summed E-state index contributed by atoms with van der Waals surface area (Å²) in [6.07, 6.45) is 0. The van der Waals surface area contributed by atoms with Crippen LogP contribution in [0.25, 0.3) is 11.0 Å². The molecule has 0 aliphatic carbocycles.